The van der Waals surface area contributed by atoms with Gasteiger partial charge in [0, 0.05) is 6.04 Å². The van der Waals surface area contributed by atoms with E-state index in [2.05, 4.69) is 17.6 Å². The van der Waals surface area contributed by atoms with E-state index >= 15 is 0 Å². The summed E-state index contributed by atoms with van der Waals surface area (Å²) >= 11 is 0. The Balaban J connectivity index is 1.98. The second kappa shape index (κ2) is 6.87. The van der Waals surface area contributed by atoms with Gasteiger partial charge in [0.2, 0.25) is 5.91 Å². The lowest BCUT2D eigenvalue weighted by molar-refractivity contribution is -0.128. The van der Waals surface area contributed by atoms with E-state index in [0.717, 1.165) is 25.8 Å². The van der Waals surface area contributed by atoms with Crippen LogP contribution in [0.15, 0.2) is 0 Å². The van der Waals surface area contributed by atoms with Gasteiger partial charge >= 0.3 is 0 Å². The van der Waals surface area contributed by atoms with Crippen molar-refractivity contribution in [2.24, 2.45) is 11.8 Å². The van der Waals surface area contributed by atoms with Crippen LogP contribution in [0.25, 0.3) is 0 Å². The Morgan fingerprint density at radius 2 is 2.25 bits per heavy atom. The highest BCUT2D eigenvalue weighted by Crippen LogP contribution is 2.32. The quantitative estimate of drug-likeness (QED) is 0.694. The van der Waals surface area contributed by atoms with Crippen LogP contribution in [-0.2, 0) is 9.53 Å². The molecule has 4 atom stereocenters. The number of carbonyl (C=O) groups is 1. The summed E-state index contributed by atoms with van der Waals surface area (Å²) in [5.74, 6) is 0.438. The third-order valence-electron chi connectivity index (χ3n) is 4.67. The average molecular weight is 284 g/mol. The summed E-state index contributed by atoms with van der Waals surface area (Å²) in [5, 5.41) is 16.2. The zero-order chi connectivity index (χ0) is 14.6. The van der Waals surface area contributed by atoms with Crippen molar-refractivity contribution in [3.63, 3.8) is 0 Å². The summed E-state index contributed by atoms with van der Waals surface area (Å²) in [6.07, 6.45) is 4.00. The molecular formula is C15H28N2O3. The molecule has 2 aliphatic rings. The van der Waals surface area contributed by atoms with Gasteiger partial charge in [-0.3, -0.25) is 4.79 Å². The molecule has 0 aromatic heterocycles. The molecule has 5 nitrogen and oxygen atoms in total. The SMILES string of the molecule is CCNC1COCC1C(=O)NC1(CO)CCCC(C)C1. The molecule has 116 valence electrons. The van der Waals surface area contributed by atoms with Gasteiger partial charge in [-0.15, -0.1) is 0 Å². The summed E-state index contributed by atoms with van der Waals surface area (Å²) in [5.41, 5.74) is -0.423. The number of hydrogen-bond acceptors (Lipinski definition) is 4. The zero-order valence-corrected chi connectivity index (χ0v) is 12.7. The molecule has 5 heteroatoms. The molecule has 1 saturated heterocycles. The molecule has 3 N–H and O–H groups in total. The van der Waals surface area contributed by atoms with Crippen molar-refractivity contribution in [1.82, 2.24) is 10.6 Å². The highest BCUT2D eigenvalue weighted by molar-refractivity contribution is 5.80. The minimum Gasteiger partial charge on any atom is -0.394 e. The van der Waals surface area contributed by atoms with Gasteiger partial charge < -0.3 is 20.5 Å². The van der Waals surface area contributed by atoms with Crippen LogP contribution < -0.4 is 10.6 Å². The van der Waals surface area contributed by atoms with Crippen LogP contribution in [0.3, 0.4) is 0 Å². The first-order chi connectivity index (χ1) is 9.60. The Bertz CT molecular complexity index is 337. The summed E-state index contributed by atoms with van der Waals surface area (Å²) < 4.78 is 5.43. The Labute approximate surface area is 121 Å². The third-order valence-corrected chi connectivity index (χ3v) is 4.67. The van der Waals surface area contributed by atoms with E-state index in [4.69, 9.17) is 4.74 Å². The average Bonchev–Trinajstić information content (AvgIpc) is 2.87. The van der Waals surface area contributed by atoms with Gasteiger partial charge in [0.1, 0.15) is 0 Å². The van der Waals surface area contributed by atoms with Gasteiger partial charge in [0.25, 0.3) is 0 Å². The minimum atomic E-state index is -0.423. The van der Waals surface area contributed by atoms with E-state index in [9.17, 15) is 9.90 Å². The Kier molecular flexibility index (Phi) is 5.41. The molecule has 0 radical (unpaired) electrons. The van der Waals surface area contributed by atoms with E-state index in [1.165, 1.54) is 6.42 Å². The Hall–Kier alpha value is -0.650. The normalized spacial score (nSPS) is 37.9. The molecule has 0 aromatic carbocycles. The van der Waals surface area contributed by atoms with Crippen LogP contribution in [0.5, 0.6) is 0 Å². The number of aliphatic hydroxyl groups excluding tert-OH is 1. The summed E-state index contributed by atoms with van der Waals surface area (Å²) in [6.45, 7) is 6.15. The van der Waals surface area contributed by atoms with Crippen LogP contribution in [-0.4, -0.2) is 49.0 Å². The number of nitrogens with one attached hydrogen (secondary N) is 2. The van der Waals surface area contributed by atoms with Crippen LogP contribution in [0.2, 0.25) is 0 Å². The number of carbonyl (C=O) groups excluding carboxylic acids is 1. The van der Waals surface area contributed by atoms with Crippen molar-refractivity contribution in [2.75, 3.05) is 26.4 Å². The van der Waals surface area contributed by atoms with Gasteiger partial charge in [-0.2, -0.15) is 0 Å². The predicted molar refractivity (Wildman–Crippen MR) is 77.4 cm³/mol. The van der Waals surface area contributed by atoms with E-state index in [0.29, 0.717) is 19.1 Å². The molecule has 2 rings (SSSR count). The molecule has 1 heterocycles. The van der Waals surface area contributed by atoms with E-state index in [-0.39, 0.29) is 24.5 Å². The standard InChI is InChI=1S/C15H28N2O3/c1-3-16-13-9-20-8-12(13)14(19)17-15(10-18)6-4-5-11(2)7-15/h11-13,16,18H,3-10H2,1-2H3,(H,17,19). The molecular weight excluding hydrogens is 256 g/mol. The van der Waals surface area contributed by atoms with Gasteiger partial charge in [0.05, 0.1) is 31.3 Å². The summed E-state index contributed by atoms with van der Waals surface area (Å²) in [6, 6.07) is 0.0942. The number of hydrogen-bond donors (Lipinski definition) is 3. The molecule has 1 aliphatic heterocycles. The Morgan fingerprint density at radius 3 is 2.90 bits per heavy atom. The van der Waals surface area contributed by atoms with E-state index in [1.807, 2.05) is 6.92 Å². The number of ether oxygens (including phenoxy) is 1. The minimum absolute atomic E-state index is 0.0246. The zero-order valence-electron chi connectivity index (χ0n) is 12.7. The lowest BCUT2D eigenvalue weighted by Gasteiger charge is -2.40. The molecule has 0 aromatic rings. The summed E-state index contributed by atoms with van der Waals surface area (Å²) in [4.78, 5) is 12.5. The van der Waals surface area contributed by atoms with Crippen LogP contribution in [0, 0.1) is 11.8 Å². The monoisotopic (exact) mass is 284 g/mol. The first-order valence-corrected chi connectivity index (χ1v) is 7.84. The highest BCUT2D eigenvalue weighted by atomic mass is 16.5. The van der Waals surface area contributed by atoms with Gasteiger partial charge in [0.15, 0.2) is 0 Å². The molecule has 0 spiro atoms. The lowest BCUT2D eigenvalue weighted by atomic mass is 9.76. The van der Waals surface area contributed by atoms with Crippen LogP contribution in [0.4, 0.5) is 0 Å². The van der Waals surface area contributed by atoms with Crippen molar-refractivity contribution < 1.29 is 14.6 Å². The topological polar surface area (TPSA) is 70.6 Å². The van der Waals surface area contributed by atoms with Crippen molar-refractivity contribution in [1.29, 1.82) is 0 Å². The summed E-state index contributed by atoms with van der Waals surface area (Å²) in [7, 11) is 0. The maximum absolute atomic E-state index is 12.5. The maximum Gasteiger partial charge on any atom is 0.227 e. The van der Waals surface area contributed by atoms with E-state index in [1.54, 1.807) is 0 Å². The predicted octanol–water partition coefficient (Wildman–Crippen LogP) is 0.668. The molecule has 0 bridgehead atoms. The number of likely N-dealkylation sites (N-methyl/N-ethyl adjacent to an activating group) is 1. The fourth-order valence-electron chi connectivity index (χ4n) is 3.59. The lowest BCUT2D eigenvalue weighted by Crippen LogP contribution is -2.57. The van der Waals surface area contributed by atoms with Crippen molar-refractivity contribution in [3.8, 4) is 0 Å². The highest BCUT2D eigenvalue weighted by Gasteiger charge is 2.40. The molecule has 1 amide bonds. The molecule has 2 fully saturated rings. The fraction of sp³-hybridized carbons (Fsp3) is 0.933. The van der Waals surface area contributed by atoms with E-state index < -0.39 is 5.54 Å². The van der Waals surface area contributed by atoms with Crippen LogP contribution >= 0.6 is 0 Å². The second-order valence-corrected chi connectivity index (χ2v) is 6.44. The molecule has 4 unspecified atom stereocenters. The molecule has 1 aliphatic carbocycles. The smallest absolute Gasteiger partial charge is 0.227 e. The molecule has 20 heavy (non-hydrogen) atoms. The maximum atomic E-state index is 12.5. The molecule has 1 saturated carbocycles. The Morgan fingerprint density at radius 1 is 1.45 bits per heavy atom. The number of amides is 1. The second-order valence-electron chi connectivity index (χ2n) is 6.44. The number of rotatable bonds is 5. The first-order valence-electron chi connectivity index (χ1n) is 7.84. The van der Waals surface area contributed by atoms with Crippen molar-refractivity contribution in [3.05, 3.63) is 0 Å². The van der Waals surface area contributed by atoms with Crippen molar-refractivity contribution >= 4 is 5.91 Å². The van der Waals surface area contributed by atoms with Gasteiger partial charge in [-0.05, 0) is 25.3 Å². The largest absolute Gasteiger partial charge is 0.394 e. The number of aliphatic hydroxyl groups is 1. The fourth-order valence-corrected chi connectivity index (χ4v) is 3.59. The van der Waals surface area contributed by atoms with Gasteiger partial charge in [-0.25, -0.2) is 0 Å². The van der Waals surface area contributed by atoms with Crippen LogP contribution in [0.1, 0.15) is 39.5 Å². The van der Waals surface area contributed by atoms with Gasteiger partial charge in [-0.1, -0.05) is 26.7 Å². The first kappa shape index (κ1) is 15.7. The van der Waals surface area contributed by atoms with Crippen molar-refractivity contribution in [2.45, 2.75) is 51.1 Å². The third kappa shape index (κ3) is 3.51.